The summed E-state index contributed by atoms with van der Waals surface area (Å²) in [6.45, 7) is 6.21. The smallest absolute Gasteiger partial charge is 0.236 e. The molecule has 0 radical (unpaired) electrons. The molecular weight excluding hydrogens is 383 g/mol. The van der Waals surface area contributed by atoms with Crippen LogP contribution in [0.1, 0.15) is 25.7 Å². The van der Waals surface area contributed by atoms with E-state index in [9.17, 15) is 14.0 Å². The quantitative estimate of drug-likeness (QED) is 0.757. The largest absolute Gasteiger partial charge is 0.368 e. The molecule has 162 valence electrons. The zero-order chi connectivity index (χ0) is 20.7. The molecule has 0 saturated carbocycles. The molecule has 4 aliphatic heterocycles. The van der Waals surface area contributed by atoms with E-state index >= 15 is 0 Å². The van der Waals surface area contributed by atoms with Crippen LogP contribution in [0.4, 0.5) is 10.1 Å². The number of likely N-dealkylation sites (tertiary alicyclic amines) is 1. The van der Waals surface area contributed by atoms with Gasteiger partial charge in [0.25, 0.3) is 0 Å². The molecular formula is C23H31FN4O2. The van der Waals surface area contributed by atoms with Gasteiger partial charge in [-0.15, -0.1) is 0 Å². The van der Waals surface area contributed by atoms with Gasteiger partial charge in [-0.25, -0.2) is 4.39 Å². The van der Waals surface area contributed by atoms with Gasteiger partial charge in [0.1, 0.15) is 5.82 Å². The van der Waals surface area contributed by atoms with Crippen molar-refractivity contribution in [3.05, 3.63) is 30.1 Å². The molecule has 4 aliphatic rings. The van der Waals surface area contributed by atoms with Crippen LogP contribution in [-0.4, -0.2) is 84.9 Å². The van der Waals surface area contributed by atoms with Crippen LogP contribution in [0.15, 0.2) is 24.3 Å². The third-order valence-corrected chi connectivity index (χ3v) is 7.44. The van der Waals surface area contributed by atoms with Gasteiger partial charge < -0.3 is 14.7 Å². The number of halogens is 1. The van der Waals surface area contributed by atoms with E-state index in [1.807, 2.05) is 4.90 Å². The summed E-state index contributed by atoms with van der Waals surface area (Å²) in [6, 6.07) is 6.97. The number of amides is 2. The minimum absolute atomic E-state index is 0.213. The normalized spacial score (nSPS) is 29.7. The van der Waals surface area contributed by atoms with Crippen molar-refractivity contribution in [2.75, 3.05) is 57.3 Å². The predicted molar refractivity (Wildman–Crippen MR) is 113 cm³/mol. The second kappa shape index (κ2) is 8.17. The first-order valence-corrected chi connectivity index (χ1v) is 11.4. The SMILES string of the molecule is O=C(CN1C[C@H]2C[C@H](C1)[C@H]1CCCC(=O)N1C2)N1CCN(c2ccc(F)cc2)CC1. The van der Waals surface area contributed by atoms with Crippen LogP contribution in [0.2, 0.25) is 0 Å². The fourth-order valence-corrected chi connectivity index (χ4v) is 6.00. The van der Waals surface area contributed by atoms with Gasteiger partial charge >= 0.3 is 0 Å². The van der Waals surface area contributed by atoms with Crippen molar-refractivity contribution in [3.63, 3.8) is 0 Å². The number of benzene rings is 1. The summed E-state index contributed by atoms with van der Waals surface area (Å²) in [5.41, 5.74) is 1.01. The average Bonchev–Trinajstić information content (AvgIpc) is 2.75. The van der Waals surface area contributed by atoms with E-state index in [-0.39, 0.29) is 11.7 Å². The molecule has 0 aromatic heterocycles. The molecule has 1 aromatic rings. The molecule has 1 aromatic carbocycles. The Bertz CT molecular complexity index is 793. The Balaban J connectivity index is 1.14. The molecule has 0 aliphatic carbocycles. The highest BCUT2D eigenvalue weighted by molar-refractivity contribution is 5.79. The first-order chi connectivity index (χ1) is 14.6. The number of piperidine rings is 3. The summed E-state index contributed by atoms with van der Waals surface area (Å²) in [7, 11) is 0. The minimum atomic E-state index is -0.223. The van der Waals surface area contributed by atoms with E-state index in [0.29, 0.717) is 49.8 Å². The number of carbonyl (C=O) groups excluding carboxylic acids is 2. The van der Waals surface area contributed by atoms with Gasteiger partial charge in [0, 0.05) is 64.0 Å². The fraction of sp³-hybridized carbons (Fsp3) is 0.652. The Hall–Kier alpha value is -2.15. The lowest BCUT2D eigenvalue weighted by Crippen LogP contribution is -2.61. The van der Waals surface area contributed by atoms with Gasteiger partial charge in [-0.05, 0) is 55.4 Å². The molecule has 0 N–H and O–H groups in total. The van der Waals surface area contributed by atoms with Gasteiger partial charge in [-0.3, -0.25) is 14.5 Å². The van der Waals surface area contributed by atoms with Crippen LogP contribution >= 0.6 is 0 Å². The van der Waals surface area contributed by atoms with Crippen molar-refractivity contribution in [2.24, 2.45) is 11.8 Å². The number of hydrogen-bond donors (Lipinski definition) is 0. The van der Waals surface area contributed by atoms with E-state index in [1.54, 1.807) is 12.1 Å². The Labute approximate surface area is 177 Å². The number of carbonyl (C=O) groups is 2. The Morgan fingerprint density at radius 3 is 2.57 bits per heavy atom. The minimum Gasteiger partial charge on any atom is -0.368 e. The molecule has 5 rings (SSSR count). The maximum Gasteiger partial charge on any atom is 0.236 e. The molecule has 7 heteroatoms. The summed E-state index contributed by atoms with van der Waals surface area (Å²) in [6.07, 6.45) is 4.05. The van der Waals surface area contributed by atoms with Crippen molar-refractivity contribution in [3.8, 4) is 0 Å². The summed E-state index contributed by atoms with van der Waals surface area (Å²) in [5, 5.41) is 0. The van der Waals surface area contributed by atoms with E-state index in [4.69, 9.17) is 0 Å². The highest BCUT2D eigenvalue weighted by Gasteiger charge is 2.44. The van der Waals surface area contributed by atoms with E-state index < -0.39 is 0 Å². The Kier molecular flexibility index (Phi) is 5.39. The summed E-state index contributed by atoms with van der Waals surface area (Å²) in [5.74, 6) is 1.35. The van der Waals surface area contributed by atoms with Crippen LogP contribution in [0.3, 0.4) is 0 Å². The van der Waals surface area contributed by atoms with Crippen LogP contribution in [0.5, 0.6) is 0 Å². The van der Waals surface area contributed by atoms with Crippen LogP contribution in [0.25, 0.3) is 0 Å². The van der Waals surface area contributed by atoms with Crippen LogP contribution in [-0.2, 0) is 9.59 Å². The van der Waals surface area contributed by atoms with Crippen LogP contribution < -0.4 is 4.90 Å². The number of fused-ring (bicyclic) bond motifs is 4. The zero-order valence-corrected chi connectivity index (χ0v) is 17.5. The number of rotatable bonds is 3. The highest BCUT2D eigenvalue weighted by Crippen LogP contribution is 2.37. The van der Waals surface area contributed by atoms with E-state index in [1.165, 1.54) is 18.6 Å². The lowest BCUT2D eigenvalue weighted by molar-refractivity contribution is -0.146. The number of nitrogens with zero attached hydrogens (tertiary/aromatic N) is 4. The van der Waals surface area contributed by atoms with E-state index in [0.717, 1.165) is 51.3 Å². The van der Waals surface area contributed by atoms with Crippen molar-refractivity contribution in [1.82, 2.24) is 14.7 Å². The molecule has 0 unspecified atom stereocenters. The Morgan fingerprint density at radius 1 is 1.03 bits per heavy atom. The van der Waals surface area contributed by atoms with Crippen molar-refractivity contribution in [2.45, 2.75) is 31.7 Å². The molecule has 3 atom stereocenters. The maximum atomic E-state index is 13.1. The second-order valence-electron chi connectivity index (χ2n) is 9.41. The van der Waals surface area contributed by atoms with Gasteiger partial charge in [0.05, 0.1) is 6.54 Å². The van der Waals surface area contributed by atoms with Gasteiger partial charge in [-0.1, -0.05) is 0 Å². The topological polar surface area (TPSA) is 47.1 Å². The molecule has 0 spiro atoms. The first-order valence-electron chi connectivity index (χ1n) is 11.4. The molecule has 2 bridgehead atoms. The summed E-state index contributed by atoms with van der Waals surface area (Å²) in [4.78, 5) is 33.9. The number of hydrogen-bond acceptors (Lipinski definition) is 4. The molecule has 30 heavy (non-hydrogen) atoms. The lowest BCUT2D eigenvalue weighted by Gasteiger charge is -2.52. The molecule has 4 heterocycles. The average molecular weight is 415 g/mol. The third kappa shape index (κ3) is 3.92. The third-order valence-electron chi connectivity index (χ3n) is 7.44. The zero-order valence-electron chi connectivity index (χ0n) is 17.5. The number of piperazine rings is 1. The van der Waals surface area contributed by atoms with E-state index in [2.05, 4.69) is 14.7 Å². The standard InChI is InChI=1S/C23H31FN4O2/c24-19-4-6-20(7-5-19)26-8-10-27(11-9-26)23(30)16-25-13-17-12-18(15-25)21-2-1-3-22(29)28(21)14-17/h4-7,17-18,21H,1-3,8-16H2/t17-,18-,21-/m1/s1. The highest BCUT2D eigenvalue weighted by atomic mass is 19.1. The molecule has 4 saturated heterocycles. The van der Waals surface area contributed by atoms with Crippen molar-refractivity contribution in [1.29, 1.82) is 0 Å². The maximum absolute atomic E-state index is 13.1. The van der Waals surface area contributed by atoms with Gasteiger partial charge in [-0.2, -0.15) is 0 Å². The van der Waals surface area contributed by atoms with Gasteiger partial charge in [0.2, 0.25) is 11.8 Å². The number of anilines is 1. The fourth-order valence-electron chi connectivity index (χ4n) is 6.00. The monoisotopic (exact) mass is 414 g/mol. The summed E-state index contributed by atoms with van der Waals surface area (Å²) >= 11 is 0. The summed E-state index contributed by atoms with van der Waals surface area (Å²) < 4.78 is 13.1. The van der Waals surface area contributed by atoms with Crippen molar-refractivity contribution >= 4 is 17.5 Å². The predicted octanol–water partition coefficient (Wildman–Crippen LogP) is 1.81. The molecule has 6 nitrogen and oxygen atoms in total. The van der Waals surface area contributed by atoms with Gasteiger partial charge in [0.15, 0.2) is 0 Å². The molecule has 2 amide bonds. The first kappa shape index (κ1) is 19.8. The lowest BCUT2D eigenvalue weighted by atomic mass is 9.76. The van der Waals surface area contributed by atoms with Crippen LogP contribution in [0, 0.1) is 17.7 Å². The second-order valence-corrected chi connectivity index (χ2v) is 9.41. The Morgan fingerprint density at radius 2 is 1.80 bits per heavy atom. The molecule has 4 fully saturated rings. The van der Waals surface area contributed by atoms with Crippen molar-refractivity contribution < 1.29 is 14.0 Å².